The van der Waals surface area contributed by atoms with Crippen molar-refractivity contribution in [3.8, 4) is 0 Å². The zero-order valence-corrected chi connectivity index (χ0v) is 9.68. The number of hydrogen-bond acceptors (Lipinski definition) is 3. The Kier molecular flexibility index (Phi) is 2.96. The van der Waals surface area contributed by atoms with Crippen LogP contribution in [0.5, 0.6) is 0 Å². The van der Waals surface area contributed by atoms with Gasteiger partial charge in [-0.1, -0.05) is 0 Å². The summed E-state index contributed by atoms with van der Waals surface area (Å²) in [5.41, 5.74) is 1.55. The number of nitrogens with zero attached hydrogens (tertiary/aromatic N) is 3. The van der Waals surface area contributed by atoms with Gasteiger partial charge in [0, 0.05) is 25.8 Å². The van der Waals surface area contributed by atoms with Crippen LogP contribution in [0.15, 0.2) is 6.20 Å². The molecule has 0 atom stereocenters. The first kappa shape index (κ1) is 11.1. The fourth-order valence-corrected chi connectivity index (χ4v) is 1.95. The quantitative estimate of drug-likeness (QED) is 0.746. The molecule has 1 aliphatic rings. The molecule has 0 spiro atoms. The van der Waals surface area contributed by atoms with Crippen molar-refractivity contribution in [3.63, 3.8) is 0 Å². The molecule has 1 amide bonds. The van der Waals surface area contributed by atoms with Crippen molar-refractivity contribution in [1.82, 2.24) is 14.7 Å². The minimum Gasteiger partial charge on any atom is -0.393 e. The molecule has 0 aliphatic carbocycles. The van der Waals surface area contributed by atoms with Gasteiger partial charge >= 0.3 is 0 Å². The van der Waals surface area contributed by atoms with E-state index in [1.165, 1.54) is 0 Å². The molecule has 1 aromatic rings. The Bertz CT molecular complexity index is 392. The molecule has 16 heavy (non-hydrogen) atoms. The number of carbonyl (C=O) groups excluding carboxylic acids is 1. The van der Waals surface area contributed by atoms with Gasteiger partial charge in [-0.05, 0) is 19.8 Å². The summed E-state index contributed by atoms with van der Waals surface area (Å²) in [6.45, 7) is 3.15. The lowest BCUT2D eigenvalue weighted by atomic mass is 10.1. The third kappa shape index (κ3) is 1.95. The van der Waals surface area contributed by atoms with Crippen LogP contribution in [-0.4, -0.2) is 44.9 Å². The van der Waals surface area contributed by atoms with Gasteiger partial charge in [0.15, 0.2) is 0 Å². The maximum Gasteiger partial charge on any atom is 0.257 e. The van der Waals surface area contributed by atoms with Crippen molar-refractivity contribution < 1.29 is 9.90 Å². The number of hydrogen-bond donors (Lipinski definition) is 1. The second-order valence-corrected chi connectivity index (χ2v) is 4.29. The van der Waals surface area contributed by atoms with Crippen LogP contribution in [0.2, 0.25) is 0 Å². The number of rotatable bonds is 1. The monoisotopic (exact) mass is 223 g/mol. The summed E-state index contributed by atoms with van der Waals surface area (Å²) in [6.07, 6.45) is 2.71. The Morgan fingerprint density at radius 1 is 1.50 bits per heavy atom. The number of aliphatic hydroxyl groups is 1. The summed E-state index contributed by atoms with van der Waals surface area (Å²) in [4.78, 5) is 13.9. The Morgan fingerprint density at radius 2 is 2.12 bits per heavy atom. The van der Waals surface area contributed by atoms with Gasteiger partial charge in [-0.3, -0.25) is 9.48 Å². The van der Waals surface area contributed by atoms with Crippen LogP contribution in [0.3, 0.4) is 0 Å². The van der Waals surface area contributed by atoms with Crippen LogP contribution in [0, 0.1) is 6.92 Å². The summed E-state index contributed by atoms with van der Waals surface area (Å²) in [5, 5.41) is 13.5. The van der Waals surface area contributed by atoms with E-state index in [9.17, 15) is 9.90 Å². The van der Waals surface area contributed by atoms with E-state index in [0.29, 0.717) is 31.5 Å². The largest absolute Gasteiger partial charge is 0.393 e. The molecule has 1 aromatic heterocycles. The molecule has 0 radical (unpaired) electrons. The van der Waals surface area contributed by atoms with E-state index in [4.69, 9.17) is 0 Å². The van der Waals surface area contributed by atoms with Gasteiger partial charge in [0.1, 0.15) is 0 Å². The molecule has 0 bridgehead atoms. The molecule has 2 heterocycles. The van der Waals surface area contributed by atoms with Crippen LogP contribution < -0.4 is 0 Å². The number of aromatic nitrogens is 2. The van der Waals surface area contributed by atoms with Gasteiger partial charge in [0.2, 0.25) is 0 Å². The normalized spacial score (nSPS) is 17.8. The second-order valence-electron chi connectivity index (χ2n) is 4.29. The number of carbonyl (C=O) groups is 1. The number of likely N-dealkylation sites (tertiary alicyclic amines) is 1. The van der Waals surface area contributed by atoms with E-state index >= 15 is 0 Å². The van der Waals surface area contributed by atoms with E-state index in [2.05, 4.69) is 5.10 Å². The molecule has 1 N–H and O–H groups in total. The van der Waals surface area contributed by atoms with Crippen molar-refractivity contribution in [2.75, 3.05) is 13.1 Å². The van der Waals surface area contributed by atoms with Crippen LogP contribution >= 0.6 is 0 Å². The molecular formula is C11H17N3O2. The van der Waals surface area contributed by atoms with Gasteiger partial charge < -0.3 is 10.0 Å². The van der Waals surface area contributed by atoms with E-state index in [1.54, 1.807) is 15.8 Å². The average molecular weight is 223 g/mol. The fraction of sp³-hybridized carbons (Fsp3) is 0.636. The van der Waals surface area contributed by atoms with Crippen LogP contribution in [-0.2, 0) is 7.05 Å². The molecule has 5 nitrogen and oxygen atoms in total. The smallest absolute Gasteiger partial charge is 0.257 e. The minimum absolute atomic E-state index is 0.0255. The molecule has 5 heteroatoms. The van der Waals surface area contributed by atoms with Gasteiger partial charge in [0.05, 0.1) is 17.9 Å². The SMILES string of the molecule is Cc1c(C(=O)N2CCC(O)CC2)cnn1C. The van der Waals surface area contributed by atoms with Gasteiger partial charge in [-0.25, -0.2) is 0 Å². The first-order valence-corrected chi connectivity index (χ1v) is 5.55. The Morgan fingerprint density at radius 3 is 2.62 bits per heavy atom. The van der Waals surface area contributed by atoms with E-state index < -0.39 is 0 Å². The lowest BCUT2D eigenvalue weighted by Gasteiger charge is -2.29. The standard InChI is InChI=1S/C11H17N3O2/c1-8-10(7-12-13(8)2)11(16)14-5-3-9(15)4-6-14/h7,9,15H,3-6H2,1-2H3. The van der Waals surface area contributed by atoms with Crippen molar-refractivity contribution in [1.29, 1.82) is 0 Å². The summed E-state index contributed by atoms with van der Waals surface area (Å²) >= 11 is 0. The molecule has 0 saturated carbocycles. The van der Waals surface area contributed by atoms with Gasteiger partial charge in [0.25, 0.3) is 5.91 Å². The van der Waals surface area contributed by atoms with Crippen molar-refractivity contribution in [2.45, 2.75) is 25.9 Å². The lowest BCUT2D eigenvalue weighted by Crippen LogP contribution is -2.40. The van der Waals surface area contributed by atoms with E-state index in [0.717, 1.165) is 5.69 Å². The minimum atomic E-state index is -0.251. The zero-order valence-electron chi connectivity index (χ0n) is 9.68. The molecule has 1 saturated heterocycles. The summed E-state index contributed by atoms with van der Waals surface area (Å²) in [5.74, 6) is 0.0255. The van der Waals surface area contributed by atoms with Gasteiger partial charge in [-0.15, -0.1) is 0 Å². The van der Waals surface area contributed by atoms with Crippen LogP contribution in [0.4, 0.5) is 0 Å². The predicted octanol–water partition coefficient (Wildman–Crippen LogP) is 0.325. The number of aliphatic hydroxyl groups excluding tert-OH is 1. The van der Waals surface area contributed by atoms with Crippen LogP contribution in [0.25, 0.3) is 0 Å². The highest BCUT2D eigenvalue weighted by Crippen LogP contribution is 2.15. The Hall–Kier alpha value is -1.36. The van der Waals surface area contributed by atoms with Crippen LogP contribution in [0.1, 0.15) is 28.9 Å². The van der Waals surface area contributed by atoms with Crippen molar-refractivity contribution in [3.05, 3.63) is 17.5 Å². The Labute approximate surface area is 94.7 Å². The van der Waals surface area contributed by atoms with Gasteiger partial charge in [-0.2, -0.15) is 5.10 Å². The predicted molar refractivity (Wildman–Crippen MR) is 59.1 cm³/mol. The zero-order chi connectivity index (χ0) is 11.7. The number of aryl methyl sites for hydroxylation is 1. The highest BCUT2D eigenvalue weighted by molar-refractivity contribution is 5.95. The van der Waals surface area contributed by atoms with Crippen molar-refractivity contribution in [2.24, 2.45) is 7.05 Å². The first-order valence-electron chi connectivity index (χ1n) is 5.55. The summed E-state index contributed by atoms with van der Waals surface area (Å²) in [7, 11) is 1.83. The first-order chi connectivity index (χ1) is 7.59. The molecule has 88 valence electrons. The molecule has 1 fully saturated rings. The van der Waals surface area contributed by atoms with Crippen molar-refractivity contribution >= 4 is 5.91 Å². The lowest BCUT2D eigenvalue weighted by molar-refractivity contribution is 0.0546. The molecule has 2 rings (SSSR count). The maximum atomic E-state index is 12.1. The molecule has 0 unspecified atom stereocenters. The molecular weight excluding hydrogens is 206 g/mol. The highest BCUT2D eigenvalue weighted by atomic mass is 16.3. The van der Waals surface area contributed by atoms with E-state index in [1.807, 2.05) is 14.0 Å². The fourth-order valence-electron chi connectivity index (χ4n) is 1.95. The summed E-state index contributed by atoms with van der Waals surface area (Å²) in [6, 6.07) is 0. The topological polar surface area (TPSA) is 58.4 Å². The number of amides is 1. The third-order valence-electron chi connectivity index (χ3n) is 3.22. The summed E-state index contributed by atoms with van der Waals surface area (Å²) < 4.78 is 1.70. The highest BCUT2D eigenvalue weighted by Gasteiger charge is 2.24. The maximum absolute atomic E-state index is 12.1. The number of piperidine rings is 1. The third-order valence-corrected chi connectivity index (χ3v) is 3.22. The average Bonchev–Trinajstić information content (AvgIpc) is 2.60. The second kappa shape index (κ2) is 4.25. The molecule has 1 aliphatic heterocycles. The molecule has 0 aromatic carbocycles. The Balaban J connectivity index is 2.11. The van der Waals surface area contributed by atoms with E-state index in [-0.39, 0.29) is 12.0 Å².